The largest absolute Gasteiger partial charge is 0.385 e. The standard InChI is InChI=1S/C11H16BrNO3S/c1-9-4-5-10(8-11(9)12)13-17(14,15)7-3-6-16-2/h4-5,8,13H,3,6-7H2,1-2H3. The number of halogens is 1. The van der Waals surface area contributed by atoms with Crippen LogP contribution < -0.4 is 4.72 Å². The van der Waals surface area contributed by atoms with E-state index >= 15 is 0 Å². The van der Waals surface area contributed by atoms with Crippen LogP contribution in [0, 0.1) is 6.92 Å². The number of sulfonamides is 1. The highest BCUT2D eigenvalue weighted by Gasteiger charge is 2.10. The zero-order chi connectivity index (χ0) is 12.9. The van der Waals surface area contributed by atoms with Gasteiger partial charge in [0.05, 0.1) is 5.75 Å². The van der Waals surface area contributed by atoms with Gasteiger partial charge in [-0.15, -0.1) is 0 Å². The summed E-state index contributed by atoms with van der Waals surface area (Å²) in [7, 11) is -1.73. The number of hydrogen-bond donors (Lipinski definition) is 1. The first-order valence-electron chi connectivity index (χ1n) is 5.20. The van der Waals surface area contributed by atoms with E-state index in [0.29, 0.717) is 18.7 Å². The van der Waals surface area contributed by atoms with Crippen molar-refractivity contribution in [2.45, 2.75) is 13.3 Å². The molecule has 1 N–H and O–H groups in total. The van der Waals surface area contributed by atoms with E-state index in [0.717, 1.165) is 10.0 Å². The van der Waals surface area contributed by atoms with Crippen molar-refractivity contribution in [3.63, 3.8) is 0 Å². The summed E-state index contributed by atoms with van der Waals surface area (Å²) < 4.78 is 31.6. The third-order valence-corrected chi connectivity index (χ3v) is 4.43. The number of aryl methyl sites for hydroxylation is 1. The van der Waals surface area contributed by atoms with Gasteiger partial charge in [-0.2, -0.15) is 0 Å². The Bertz CT molecular complexity index is 474. The fraction of sp³-hybridized carbons (Fsp3) is 0.455. The van der Waals surface area contributed by atoms with Gasteiger partial charge in [-0.3, -0.25) is 4.72 Å². The fourth-order valence-corrected chi connectivity index (χ4v) is 2.75. The molecule has 0 aliphatic rings. The van der Waals surface area contributed by atoms with E-state index in [2.05, 4.69) is 20.7 Å². The Hall–Kier alpha value is -0.590. The summed E-state index contributed by atoms with van der Waals surface area (Å²) in [5, 5.41) is 0. The minimum absolute atomic E-state index is 0.0618. The molecular weight excluding hydrogens is 306 g/mol. The van der Waals surface area contributed by atoms with Gasteiger partial charge in [0.15, 0.2) is 0 Å². The summed E-state index contributed by atoms with van der Waals surface area (Å²) in [4.78, 5) is 0. The molecule has 6 heteroatoms. The molecule has 0 amide bonds. The van der Waals surface area contributed by atoms with Gasteiger partial charge in [0.1, 0.15) is 0 Å². The molecule has 0 atom stereocenters. The molecule has 0 spiro atoms. The maximum absolute atomic E-state index is 11.7. The zero-order valence-corrected chi connectivity index (χ0v) is 12.3. The molecule has 1 aromatic rings. The van der Waals surface area contributed by atoms with E-state index in [4.69, 9.17) is 4.74 Å². The molecule has 1 rings (SSSR count). The number of nitrogens with one attached hydrogen (secondary N) is 1. The van der Waals surface area contributed by atoms with Gasteiger partial charge in [-0.25, -0.2) is 8.42 Å². The van der Waals surface area contributed by atoms with Crippen LogP contribution in [-0.2, 0) is 14.8 Å². The zero-order valence-electron chi connectivity index (χ0n) is 9.86. The minimum Gasteiger partial charge on any atom is -0.385 e. The van der Waals surface area contributed by atoms with E-state index in [9.17, 15) is 8.42 Å². The second kappa shape index (κ2) is 6.37. The summed E-state index contributed by atoms with van der Waals surface area (Å²) >= 11 is 3.36. The van der Waals surface area contributed by atoms with Crippen LogP contribution in [0.4, 0.5) is 5.69 Å². The van der Waals surface area contributed by atoms with Crippen LogP contribution in [-0.4, -0.2) is 27.9 Å². The van der Waals surface area contributed by atoms with Crippen LogP contribution in [0.15, 0.2) is 22.7 Å². The average Bonchev–Trinajstić information content (AvgIpc) is 2.23. The highest BCUT2D eigenvalue weighted by Crippen LogP contribution is 2.21. The van der Waals surface area contributed by atoms with Gasteiger partial charge in [-0.05, 0) is 31.0 Å². The predicted octanol–water partition coefficient (Wildman–Crippen LogP) is 2.54. The first kappa shape index (κ1) is 14.5. The summed E-state index contributed by atoms with van der Waals surface area (Å²) in [5.41, 5.74) is 1.63. The molecule has 4 nitrogen and oxygen atoms in total. The SMILES string of the molecule is COCCCS(=O)(=O)Nc1ccc(C)c(Br)c1. The van der Waals surface area contributed by atoms with E-state index in [1.807, 2.05) is 13.0 Å². The highest BCUT2D eigenvalue weighted by atomic mass is 79.9. The first-order chi connectivity index (χ1) is 7.94. The molecule has 0 radical (unpaired) electrons. The van der Waals surface area contributed by atoms with Crippen molar-refractivity contribution in [1.29, 1.82) is 0 Å². The molecule has 0 saturated carbocycles. The van der Waals surface area contributed by atoms with Crippen molar-refractivity contribution in [1.82, 2.24) is 0 Å². The summed E-state index contributed by atoms with van der Waals surface area (Å²) in [6, 6.07) is 5.36. The first-order valence-corrected chi connectivity index (χ1v) is 7.65. The topological polar surface area (TPSA) is 55.4 Å². The van der Waals surface area contributed by atoms with Gasteiger partial charge < -0.3 is 4.74 Å². The molecule has 0 fully saturated rings. The normalized spacial score (nSPS) is 11.5. The van der Waals surface area contributed by atoms with Crippen molar-refractivity contribution >= 4 is 31.6 Å². The lowest BCUT2D eigenvalue weighted by Gasteiger charge is -2.09. The van der Waals surface area contributed by atoms with Gasteiger partial charge >= 0.3 is 0 Å². The summed E-state index contributed by atoms with van der Waals surface area (Å²) in [6.45, 7) is 2.39. The van der Waals surface area contributed by atoms with Crippen LogP contribution in [0.1, 0.15) is 12.0 Å². The minimum atomic E-state index is -3.29. The monoisotopic (exact) mass is 321 g/mol. The van der Waals surface area contributed by atoms with E-state index in [1.54, 1.807) is 19.2 Å². The molecule has 1 aromatic carbocycles. The number of methoxy groups -OCH3 is 1. The Balaban J connectivity index is 2.66. The lowest BCUT2D eigenvalue weighted by Crippen LogP contribution is -2.17. The van der Waals surface area contributed by atoms with Crippen LogP contribution in [0.5, 0.6) is 0 Å². The van der Waals surface area contributed by atoms with E-state index < -0.39 is 10.0 Å². The van der Waals surface area contributed by atoms with Gasteiger partial charge in [0.2, 0.25) is 10.0 Å². The third kappa shape index (κ3) is 5.06. The molecule has 0 bridgehead atoms. The number of rotatable bonds is 6. The second-order valence-corrected chi connectivity index (χ2v) is 6.43. The van der Waals surface area contributed by atoms with Gasteiger partial charge in [0, 0.05) is 23.9 Å². The van der Waals surface area contributed by atoms with Crippen molar-refractivity contribution in [3.05, 3.63) is 28.2 Å². The quantitative estimate of drug-likeness (QED) is 0.819. The van der Waals surface area contributed by atoms with Crippen LogP contribution in [0.3, 0.4) is 0 Å². The Morgan fingerprint density at radius 2 is 2.12 bits per heavy atom. The lowest BCUT2D eigenvalue weighted by atomic mass is 10.2. The van der Waals surface area contributed by atoms with Crippen molar-refractivity contribution in [3.8, 4) is 0 Å². The Kier molecular flexibility index (Phi) is 5.42. The number of hydrogen-bond acceptors (Lipinski definition) is 3. The van der Waals surface area contributed by atoms with Gasteiger partial charge in [0.25, 0.3) is 0 Å². The maximum Gasteiger partial charge on any atom is 0.232 e. The molecule has 0 aliphatic heterocycles. The summed E-state index contributed by atoms with van der Waals surface area (Å²) in [6.07, 6.45) is 0.485. The third-order valence-electron chi connectivity index (χ3n) is 2.21. The molecule has 0 saturated heterocycles. The number of benzene rings is 1. The number of anilines is 1. The molecular formula is C11H16BrNO3S. The summed E-state index contributed by atoms with van der Waals surface area (Å²) in [5.74, 6) is 0.0618. The van der Waals surface area contributed by atoms with E-state index in [1.165, 1.54) is 0 Å². The number of ether oxygens (including phenoxy) is 1. The highest BCUT2D eigenvalue weighted by molar-refractivity contribution is 9.10. The maximum atomic E-state index is 11.7. The Labute approximate surface area is 111 Å². The molecule has 96 valence electrons. The Morgan fingerprint density at radius 1 is 1.41 bits per heavy atom. The van der Waals surface area contributed by atoms with Crippen molar-refractivity contribution in [2.75, 3.05) is 24.2 Å². The molecule has 0 heterocycles. The van der Waals surface area contributed by atoms with Gasteiger partial charge in [-0.1, -0.05) is 22.0 Å². The predicted molar refractivity (Wildman–Crippen MR) is 72.8 cm³/mol. The second-order valence-electron chi connectivity index (χ2n) is 3.73. The van der Waals surface area contributed by atoms with E-state index in [-0.39, 0.29) is 5.75 Å². The van der Waals surface area contributed by atoms with Crippen molar-refractivity contribution in [2.24, 2.45) is 0 Å². The van der Waals surface area contributed by atoms with Crippen molar-refractivity contribution < 1.29 is 13.2 Å². The smallest absolute Gasteiger partial charge is 0.232 e. The Morgan fingerprint density at radius 3 is 2.71 bits per heavy atom. The fourth-order valence-electron chi connectivity index (χ4n) is 1.28. The van der Waals surface area contributed by atoms with Crippen LogP contribution in [0.2, 0.25) is 0 Å². The molecule has 0 aromatic heterocycles. The average molecular weight is 322 g/mol. The molecule has 0 aliphatic carbocycles. The van der Waals surface area contributed by atoms with Crippen LogP contribution >= 0.6 is 15.9 Å². The molecule has 0 unspecified atom stereocenters. The van der Waals surface area contributed by atoms with Crippen LogP contribution in [0.25, 0.3) is 0 Å². The molecule has 17 heavy (non-hydrogen) atoms. The lowest BCUT2D eigenvalue weighted by molar-refractivity contribution is 0.199.